The van der Waals surface area contributed by atoms with Crippen molar-refractivity contribution in [3.05, 3.63) is 77.9 Å². The summed E-state index contributed by atoms with van der Waals surface area (Å²) in [6.07, 6.45) is 6.55. The van der Waals surface area contributed by atoms with E-state index >= 15 is 0 Å². The first-order chi connectivity index (χ1) is 16.1. The van der Waals surface area contributed by atoms with Crippen molar-refractivity contribution < 1.29 is 13.9 Å². The van der Waals surface area contributed by atoms with Gasteiger partial charge in [-0.25, -0.2) is 4.39 Å². The molecule has 0 amide bonds. The maximum Gasteiger partial charge on any atom is 0.139 e. The van der Waals surface area contributed by atoms with E-state index in [0.717, 1.165) is 59.8 Å². The fourth-order valence-electron chi connectivity index (χ4n) is 4.30. The van der Waals surface area contributed by atoms with E-state index in [1.807, 2.05) is 49.4 Å². The highest BCUT2D eigenvalue weighted by atomic mass is 19.1. The van der Waals surface area contributed by atoms with Crippen LogP contribution in [0.25, 0.3) is 11.1 Å². The Balaban J connectivity index is 1.32. The lowest BCUT2D eigenvalue weighted by Crippen LogP contribution is -2.29. The van der Waals surface area contributed by atoms with Crippen LogP contribution in [0.3, 0.4) is 0 Å². The molecule has 0 radical (unpaired) electrons. The number of aromatic nitrogens is 1. The molecular formula is C28H31FN2O2. The zero-order valence-corrected chi connectivity index (χ0v) is 19.2. The van der Waals surface area contributed by atoms with E-state index in [0.29, 0.717) is 19.4 Å². The Bertz CT molecular complexity index is 1060. The van der Waals surface area contributed by atoms with Gasteiger partial charge in [0.15, 0.2) is 0 Å². The molecule has 0 unspecified atom stereocenters. The molecule has 2 heterocycles. The van der Waals surface area contributed by atoms with E-state index in [2.05, 4.69) is 9.88 Å². The Morgan fingerprint density at radius 3 is 2.45 bits per heavy atom. The number of rotatable bonds is 9. The third-order valence-corrected chi connectivity index (χ3v) is 6.06. The number of hydrogen-bond acceptors (Lipinski definition) is 4. The van der Waals surface area contributed by atoms with Gasteiger partial charge in [0.1, 0.15) is 17.3 Å². The normalized spacial score (nSPS) is 13.7. The molecule has 172 valence electrons. The Morgan fingerprint density at radius 2 is 1.76 bits per heavy atom. The van der Waals surface area contributed by atoms with E-state index in [-0.39, 0.29) is 18.0 Å². The highest BCUT2D eigenvalue weighted by Gasteiger charge is 2.13. The SMILES string of the molecule is CCOc1ccc(-c2ccc(CC(=O)CCc3cc(F)cc(N4CCCCC4)c3)nc2)cc1. The summed E-state index contributed by atoms with van der Waals surface area (Å²) in [4.78, 5) is 19.3. The maximum atomic E-state index is 14.2. The van der Waals surface area contributed by atoms with E-state index in [1.54, 1.807) is 18.3 Å². The topological polar surface area (TPSA) is 42.4 Å². The van der Waals surface area contributed by atoms with Crippen LogP contribution in [-0.4, -0.2) is 30.5 Å². The molecule has 1 fully saturated rings. The summed E-state index contributed by atoms with van der Waals surface area (Å²) in [5.41, 5.74) is 4.62. The third kappa shape index (κ3) is 6.41. The Labute approximate surface area is 195 Å². The van der Waals surface area contributed by atoms with E-state index in [4.69, 9.17) is 4.74 Å². The van der Waals surface area contributed by atoms with Crippen LogP contribution in [0.2, 0.25) is 0 Å². The van der Waals surface area contributed by atoms with Gasteiger partial charge in [-0.2, -0.15) is 0 Å². The minimum atomic E-state index is -0.230. The van der Waals surface area contributed by atoms with Gasteiger partial charge in [0.25, 0.3) is 0 Å². The first kappa shape index (κ1) is 23.0. The van der Waals surface area contributed by atoms with E-state index in [9.17, 15) is 9.18 Å². The number of halogens is 1. The highest BCUT2D eigenvalue weighted by Crippen LogP contribution is 2.24. The number of nitrogens with zero attached hydrogens (tertiary/aromatic N) is 2. The molecule has 0 atom stereocenters. The van der Waals surface area contributed by atoms with Crippen molar-refractivity contribution in [3.8, 4) is 16.9 Å². The highest BCUT2D eigenvalue weighted by molar-refractivity contribution is 5.80. The van der Waals surface area contributed by atoms with Crippen LogP contribution in [0.15, 0.2) is 60.8 Å². The van der Waals surface area contributed by atoms with Gasteiger partial charge >= 0.3 is 0 Å². The van der Waals surface area contributed by atoms with Crippen LogP contribution in [0.4, 0.5) is 10.1 Å². The van der Waals surface area contributed by atoms with Gasteiger partial charge in [0.2, 0.25) is 0 Å². The number of benzene rings is 2. The summed E-state index contributed by atoms with van der Waals surface area (Å²) >= 11 is 0. The summed E-state index contributed by atoms with van der Waals surface area (Å²) in [5, 5.41) is 0. The Hall–Kier alpha value is -3.21. The quantitative estimate of drug-likeness (QED) is 0.403. The molecule has 4 rings (SSSR count). The largest absolute Gasteiger partial charge is 0.494 e. The van der Waals surface area contributed by atoms with Gasteiger partial charge in [0, 0.05) is 49.1 Å². The molecular weight excluding hydrogens is 415 g/mol. The summed E-state index contributed by atoms with van der Waals surface area (Å²) < 4.78 is 19.6. The lowest BCUT2D eigenvalue weighted by molar-refractivity contribution is -0.118. The van der Waals surface area contributed by atoms with Crippen LogP contribution < -0.4 is 9.64 Å². The number of Topliss-reactive ketones (excluding diaryl/α,β-unsaturated/α-hetero) is 1. The number of anilines is 1. The number of aryl methyl sites for hydroxylation is 1. The molecule has 1 aliphatic heterocycles. The number of hydrogen-bond donors (Lipinski definition) is 0. The van der Waals surface area contributed by atoms with E-state index in [1.165, 1.54) is 6.42 Å². The maximum absolute atomic E-state index is 14.2. The Morgan fingerprint density at radius 1 is 1.00 bits per heavy atom. The summed E-state index contributed by atoms with van der Waals surface area (Å²) in [6.45, 7) is 4.55. The van der Waals surface area contributed by atoms with Crippen LogP contribution in [0.5, 0.6) is 5.75 Å². The first-order valence-corrected chi connectivity index (χ1v) is 11.8. The van der Waals surface area contributed by atoms with Crippen LogP contribution in [0, 0.1) is 5.82 Å². The van der Waals surface area contributed by atoms with Crippen molar-refractivity contribution in [1.29, 1.82) is 0 Å². The molecule has 5 heteroatoms. The second kappa shape index (κ2) is 11.1. The van der Waals surface area contributed by atoms with E-state index < -0.39 is 0 Å². The predicted molar refractivity (Wildman–Crippen MR) is 130 cm³/mol. The van der Waals surface area contributed by atoms with Gasteiger partial charge in [0.05, 0.1) is 6.61 Å². The van der Waals surface area contributed by atoms with Crippen LogP contribution >= 0.6 is 0 Å². The molecule has 33 heavy (non-hydrogen) atoms. The molecule has 3 aromatic rings. The fraction of sp³-hybridized carbons (Fsp3) is 0.357. The second-order valence-electron chi connectivity index (χ2n) is 8.58. The zero-order valence-electron chi connectivity index (χ0n) is 19.2. The fourth-order valence-corrected chi connectivity index (χ4v) is 4.30. The van der Waals surface area contributed by atoms with Crippen molar-refractivity contribution in [2.45, 2.75) is 45.4 Å². The average Bonchev–Trinajstić information content (AvgIpc) is 2.84. The van der Waals surface area contributed by atoms with Crippen molar-refractivity contribution in [2.75, 3.05) is 24.6 Å². The molecule has 4 nitrogen and oxygen atoms in total. The number of piperidine rings is 1. The molecule has 0 N–H and O–H groups in total. The molecule has 0 aliphatic carbocycles. The molecule has 1 aliphatic rings. The van der Waals surface area contributed by atoms with Crippen molar-refractivity contribution in [2.24, 2.45) is 0 Å². The third-order valence-electron chi connectivity index (χ3n) is 6.06. The molecule has 0 bridgehead atoms. The standard InChI is InChI=1S/C28H31FN2O2/c1-2-33-28-12-8-22(9-13-28)23-7-10-25(30-20-23)19-27(32)11-6-21-16-24(29)18-26(17-21)31-14-4-3-5-15-31/h7-10,12-13,16-18,20H,2-6,11,14-15,19H2,1H3. The first-order valence-electron chi connectivity index (χ1n) is 11.8. The number of carbonyl (C=O) groups is 1. The molecule has 1 saturated heterocycles. The van der Waals surface area contributed by atoms with Crippen molar-refractivity contribution in [1.82, 2.24) is 4.98 Å². The van der Waals surface area contributed by atoms with Crippen LogP contribution in [0.1, 0.15) is 43.9 Å². The Kier molecular flexibility index (Phi) is 7.71. The molecule has 1 aromatic heterocycles. The second-order valence-corrected chi connectivity index (χ2v) is 8.58. The summed E-state index contributed by atoms with van der Waals surface area (Å²) in [7, 11) is 0. The van der Waals surface area contributed by atoms with Gasteiger partial charge < -0.3 is 9.64 Å². The van der Waals surface area contributed by atoms with Gasteiger partial charge in [-0.1, -0.05) is 18.2 Å². The number of pyridine rings is 1. The predicted octanol–water partition coefficient (Wildman–Crippen LogP) is 6.02. The molecule has 0 saturated carbocycles. The lowest BCUT2D eigenvalue weighted by Gasteiger charge is -2.29. The van der Waals surface area contributed by atoms with Gasteiger partial charge in [-0.05, 0) is 80.1 Å². The van der Waals surface area contributed by atoms with Crippen molar-refractivity contribution >= 4 is 11.5 Å². The smallest absolute Gasteiger partial charge is 0.139 e. The summed E-state index contributed by atoms with van der Waals surface area (Å²) in [6, 6.07) is 17.0. The number of ether oxygens (including phenoxy) is 1. The minimum Gasteiger partial charge on any atom is -0.494 e. The zero-order chi connectivity index (χ0) is 23.0. The molecule has 2 aromatic carbocycles. The number of ketones is 1. The minimum absolute atomic E-state index is 0.111. The monoisotopic (exact) mass is 446 g/mol. The van der Waals surface area contributed by atoms with Gasteiger partial charge in [-0.15, -0.1) is 0 Å². The van der Waals surface area contributed by atoms with Crippen molar-refractivity contribution in [3.63, 3.8) is 0 Å². The number of carbonyl (C=O) groups excluding carboxylic acids is 1. The lowest BCUT2D eigenvalue weighted by atomic mass is 10.0. The molecule has 0 spiro atoms. The average molecular weight is 447 g/mol. The summed E-state index contributed by atoms with van der Waals surface area (Å²) in [5.74, 6) is 0.727. The van der Waals surface area contributed by atoms with Crippen LogP contribution in [-0.2, 0) is 17.6 Å². The van der Waals surface area contributed by atoms with Gasteiger partial charge in [-0.3, -0.25) is 9.78 Å².